The van der Waals surface area contributed by atoms with Gasteiger partial charge in [-0.25, -0.2) is 0 Å². The van der Waals surface area contributed by atoms with Gasteiger partial charge in [-0.05, 0) is 38.1 Å². The Hall–Kier alpha value is -3.15. The van der Waals surface area contributed by atoms with Gasteiger partial charge in [0.25, 0.3) is 11.8 Å². The van der Waals surface area contributed by atoms with Crippen LogP contribution in [-0.4, -0.2) is 40.6 Å². The van der Waals surface area contributed by atoms with E-state index in [2.05, 4.69) is 10.1 Å². The van der Waals surface area contributed by atoms with Gasteiger partial charge in [0, 0.05) is 25.6 Å². The van der Waals surface area contributed by atoms with Crippen molar-refractivity contribution in [1.29, 1.82) is 0 Å². The highest BCUT2D eigenvalue weighted by Crippen LogP contribution is 2.18. The highest BCUT2D eigenvalue weighted by molar-refractivity contribution is 5.80. The Morgan fingerprint density at radius 1 is 1.15 bits per heavy atom. The van der Waals surface area contributed by atoms with E-state index in [1.807, 2.05) is 61.5 Å². The van der Waals surface area contributed by atoms with E-state index < -0.39 is 6.10 Å². The van der Waals surface area contributed by atoms with E-state index in [0.29, 0.717) is 30.4 Å². The second-order valence-electron chi connectivity index (χ2n) is 6.46. The molecule has 3 rings (SSSR count). The fraction of sp³-hybridized carbons (Fsp3) is 0.286. The number of rotatable bonds is 7. The summed E-state index contributed by atoms with van der Waals surface area (Å²) in [5.41, 5.74) is 2.05. The van der Waals surface area contributed by atoms with Gasteiger partial charge in [-0.2, -0.15) is 4.98 Å². The molecule has 0 aliphatic carbocycles. The Balaban J connectivity index is 1.53. The second-order valence-corrected chi connectivity index (χ2v) is 6.46. The van der Waals surface area contributed by atoms with E-state index in [1.165, 1.54) is 5.56 Å². The number of amides is 1. The molecule has 0 N–H and O–H groups in total. The van der Waals surface area contributed by atoms with Crippen molar-refractivity contribution in [1.82, 2.24) is 15.0 Å². The molecule has 6 heteroatoms. The van der Waals surface area contributed by atoms with Gasteiger partial charge in [-0.3, -0.25) is 4.79 Å². The number of carbonyl (C=O) groups excluding carboxylic acids is 1. The molecule has 0 saturated carbocycles. The Kier molecular flexibility index (Phi) is 5.86. The van der Waals surface area contributed by atoms with E-state index >= 15 is 0 Å². The molecular formula is C21H23N3O3. The first-order valence-corrected chi connectivity index (χ1v) is 8.89. The molecule has 0 bridgehead atoms. The molecule has 6 nitrogen and oxygen atoms in total. The van der Waals surface area contributed by atoms with Gasteiger partial charge >= 0.3 is 0 Å². The van der Waals surface area contributed by atoms with E-state index in [1.54, 1.807) is 18.9 Å². The summed E-state index contributed by atoms with van der Waals surface area (Å²) in [5.74, 6) is 1.63. The predicted octanol–water partition coefficient (Wildman–Crippen LogP) is 3.51. The molecule has 0 spiro atoms. The molecule has 0 saturated heterocycles. The molecule has 0 unspecified atom stereocenters. The monoisotopic (exact) mass is 365 g/mol. The van der Waals surface area contributed by atoms with Gasteiger partial charge in [0.05, 0.1) is 0 Å². The number of ether oxygens (including phenoxy) is 1. The maximum atomic E-state index is 12.5. The topological polar surface area (TPSA) is 68.5 Å². The van der Waals surface area contributed by atoms with Gasteiger partial charge in [0.2, 0.25) is 0 Å². The number of hydrogen-bond acceptors (Lipinski definition) is 5. The van der Waals surface area contributed by atoms with Crippen LogP contribution in [0.3, 0.4) is 0 Å². The molecule has 1 heterocycles. The summed E-state index contributed by atoms with van der Waals surface area (Å²) in [6, 6.07) is 17.2. The average molecular weight is 365 g/mol. The largest absolute Gasteiger partial charge is 0.481 e. The van der Waals surface area contributed by atoms with Crippen LogP contribution in [0.25, 0.3) is 11.5 Å². The zero-order valence-electron chi connectivity index (χ0n) is 15.8. The minimum Gasteiger partial charge on any atom is -0.481 e. The lowest BCUT2D eigenvalue weighted by molar-refractivity contribution is -0.136. The Morgan fingerprint density at radius 3 is 2.56 bits per heavy atom. The highest BCUT2D eigenvalue weighted by atomic mass is 16.5. The van der Waals surface area contributed by atoms with Gasteiger partial charge in [0.15, 0.2) is 11.9 Å². The second kappa shape index (κ2) is 8.49. The molecular weight excluding hydrogens is 342 g/mol. The summed E-state index contributed by atoms with van der Waals surface area (Å²) < 4.78 is 11.0. The normalized spacial score (nSPS) is 11.8. The van der Waals surface area contributed by atoms with Crippen LogP contribution in [0.1, 0.15) is 18.3 Å². The average Bonchev–Trinajstić information content (AvgIpc) is 3.16. The van der Waals surface area contributed by atoms with E-state index in [-0.39, 0.29) is 5.91 Å². The van der Waals surface area contributed by atoms with Crippen LogP contribution in [0, 0.1) is 6.92 Å². The molecule has 0 aliphatic rings. The molecule has 0 aliphatic heterocycles. The van der Waals surface area contributed by atoms with Crippen molar-refractivity contribution in [2.75, 3.05) is 13.6 Å². The van der Waals surface area contributed by atoms with Crippen LogP contribution in [0.2, 0.25) is 0 Å². The molecule has 2 aromatic carbocycles. The molecule has 1 aromatic heterocycles. The molecule has 0 radical (unpaired) electrons. The Labute approximate surface area is 158 Å². The maximum Gasteiger partial charge on any atom is 0.263 e. The van der Waals surface area contributed by atoms with Crippen LogP contribution in [0.15, 0.2) is 59.1 Å². The summed E-state index contributed by atoms with van der Waals surface area (Å²) in [6.45, 7) is 4.25. The third-order valence-electron chi connectivity index (χ3n) is 4.22. The van der Waals surface area contributed by atoms with Gasteiger partial charge in [0.1, 0.15) is 5.75 Å². The molecule has 1 amide bonds. The highest BCUT2D eigenvalue weighted by Gasteiger charge is 2.20. The number of hydrogen-bond donors (Lipinski definition) is 0. The van der Waals surface area contributed by atoms with Crippen LogP contribution < -0.4 is 4.74 Å². The molecule has 0 fully saturated rings. The van der Waals surface area contributed by atoms with Crippen molar-refractivity contribution < 1.29 is 14.1 Å². The number of likely N-dealkylation sites (N-methyl/N-ethyl adjacent to an activating group) is 1. The summed E-state index contributed by atoms with van der Waals surface area (Å²) >= 11 is 0. The lowest BCUT2D eigenvalue weighted by Crippen LogP contribution is -2.39. The minimum absolute atomic E-state index is 0.0962. The van der Waals surface area contributed by atoms with E-state index in [0.717, 1.165) is 5.56 Å². The summed E-state index contributed by atoms with van der Waals surface area (Å²) in [6.07, 6.45) is -0.0545. The number of para-hydroxylation sites is 1. The number of nitrogens with zero attached hydrogens (tertiary/aromatic N) is 3. The van der Waals surface area contributed by atoms with Gasteiger partial charge < -0.3 is 14.2 Å². The first kappa shape index (κ1) is 18.6. The molecule has 1 atom stereocenters. The van der Waals surface area contributed by atoms with E-state index in [9.17, 15) is 4.79 Å². The lowest BCUT2D eigenvalue weighted by atomic mass is 10.1. The quantitative estimate of drug-likeness (QED) is 0.641. The Bertz CT molecular complexity index is 875. The summed E-state index contributed by atoms with van der Waals surface area (Å²) in [7, 11) is 1.74. The molecule has 140 valence electrons. The van der Waals surface area contributed by atoms with Crippen molar-refractivity contribution >= 4 is 5.91 Å². The van der Waals surface area contributed by atoms with Gasteiger partial charge in [-0.1, -0.05) is 41.1 Å². The van der Waals surface area contributed by atoms with Crippen molar-refractivity contribution in [3.05, 3.63) is 66.0 Å². The summed E-state index contributed by atoms with van der Waals surface area (Å²) in [5, 5.41) is 4.00. The predicted molar refractivity (Wildman–Crippen MR) is 102 cm³/mol. The first-order valence-electron chi connectivity index (χ1n) is 8.89. The molecule has 3 aromatic rings. The summed E-state index contributed by atoms with van der Waals surface area (Å²) in [4.78, 5) is 18.5. The SMILES string of the molecule is Cc1ccc(-c2nc(CCN(C)C(=O)[C@@H](C)Oc3ccccc3)no2)cc1. The lowest BCUT2D eigenvalue weighted by Gasteiger charge is -2.21. The van der Waals surface area contributed by atoms with E-state index in [4.69, 9.17) is 9.26 Å². The fourth-order valence-electron chi connectivity index (χ4n) is 2.61. The van der Waals surface area contributed by atoms with Gasteiger partial charge in [-0.15, -0.1) is 0 Å². The Morgan fingerprint density at radius 2 is 1.85 bits per heavy atom. The first-order chi connectivity index (χ1) is 13.0. The van der Waals surface area contributed by atoms with Crippen molar-refractivity contribution in [3.8, 4) is 17.2 Å². The number of aromatic nitrogens is 2. The number of aryl methyl sites for hydroxylation is 1. The number of benzene rings is 2. The van der Waals surface area contributed by atoms with Crippen LogP contribution in [0.5, 0.6) is 5.75 Å². The van der Waals surface area contributed by atoms with Crippen LogP contribution >= 0.6 is 0 Å². The van der Waals surface area contributed by atoms with Crippen molar-refractivity contribution in [2.24, 2.45) is 0 Å². The minimum atomic E-state index is -0.564. The zero-order chi connectivity index (χ0) is 19.2. The van der Waals surface area contributed by atoms with Crippen molar-refractivity contribution in [3.63, 3.8) is 0 Å². The van der Waals surface area contributed by atoms with Crippen molar-refractivity contribution in [2.45, 2.75) is 26.4 Å². The zero-order valence-corrected chi connectivity index (χ0v) is 15.8. The fourth-order valence-corrected chi connectivity index (χ4v) is 2.61. The van der Waals surface area contributed by atoms with Crippen LogP contribution in [0.4, 0.5) is 0 Å². The standard InChI is InChI=1S/C21H23N3O3/c1-15-9-11-17(12-10-15)20-22-19(23-27-20)13-14-24(3)21(25)16(2)26-18-7-5-4-6-8-18/h4-12,16H,13-14H2,1-3H3/t16-/m1/s1. The third-order valence-corrected chi connectivity index (χ3v) is 4.22. The molecule has 27 heavy (non-hydrogen) atoms. The number of carbonyl (C=O) groups is 1. The van der Waals surface area contributed by atoms with Crippen LogP contribution in [-0.2, 0) is 11.2 Å². The maximum absolute atomic E-state index is 12.5. The smallest absolute Gasteiger partial charge is 0.263 e. The third kappa shape index (κ3) is 4.94.